The van der Waals surface area contributed by atoms with Crippen LogP contribution in [0.15, 0.2) is 5.38 Å². The average molecular weight is 253 g/mol. The molecule has 1 aromatic rings. The van der Waals surface area contributed by atoms with Crippen LogP contribution in [-0.2, 0) is 6.54 Å². The molecule has 0 spiro atoms. The van der Waals surface area contributed by atoms with Crippen molar-refractivity contribution < 1.29 is 0 Å². The number of aryl methyl sites for hydroxylation is 1. The van der Waals surface area contributed by atoms with Gasteiger partial charge in [-0.25, -0.2) is 4.98 Å². The largest absolute Gasteiger partial charge is 0.311 e. The van der Waals surface area contributed by atoms with E-state index in [1.165, 1.54) is 17.1 Å². The third-order valence-electron chi connectivity index (χ3n) is 3.87. The summed E-state index contributed by atoms with van der Waals surface area (Å²) in [6.45, 7) is 12.1. The van der Waals surface area contributed by atoms with Crippen LogP contribution >= 0.6 is 11.3 Å². The van der Waals surface area contributed by atoms with Gasteiger partial charge in [0.25, 0.3) is 0 Å². The molecule has 0 aliphatic carbocycles. The van der Waals surface area contributed by atoms with Crippen LogP contribution in [0.3, 0.4) is 0 Å². The summed E-state index contributed by atoms with van der Waals surface area (Å²) < 4.78 is 0. The van der Waals surface area contributed by atoms with E-state index in [0.717, 1.165) is 19.6 Å². The van der Waals surface area contributed by atoms with Gasteiger partial charge in [0.15, 0.2) is 0 Å². The lowest BCUT2D eigenvalue weighted by molar-refractivity contribution is 0.0443. The van der Waals surface area contributed by atoms with E-state index < -0.39 is 0 Å². The Hall–Kier alpha value is -0.450. The average Bonchev–Trinajstić information content (AvgIpc) is 2.70. The summed E-state index contributed by atoms with van der Waals surface area (Å²) in [5.74, 6) is 0. The Morgan fingerprint density at radius 2 is 2.41 bits per heavy atom. The number of rotatable bonds is 3. The highest BCUT2D eigenvalue weighted by Crippen LogP contribution is 2.25. The SMILES string of the molecule is CCC1(C)CNC(C)CN1Cc1csc(C)n1. The summed E-state index contributed by atoms with van der Waals surface area (Å²) in [5, 5.41) is 6.95. The number of hydrogen-bond acceptors (Lipinski definition) is 4. The van der Waals surface area contributed by atoms with E-state index in [1.807, 2.05) is 0 Å². The minimum atomic E-state index is 0.268. The number of hydrogen-bond donors (Lipinski definition) is 1. The lowest BCUT2D eigenvalue weighted by Crippen LogP contribution is -2.61. The quantitative estimate of drug-likeness (QED) is 0.896. The zero-order valence-electron chi connectivity index (χ0n) is 11.3. The minimum Gasteiger partial charge on any atom is -0.311 e. The summed E-state index contributed by atoms with van der Waals surface area (Å²) in [6.07, 6.45) is 1.18. The molecular formula is C13H23N3S. The van der Waals surface area contributed by atoms with Crippen molar-refractivity contribution in [2.75, 3.05) is 13.1 Å². The van der Waals surface area contributed by atoms with Gasteiger partial charge in [-0.3, -0.25) is 4.90 Å². The summed E-state index contributed by atoms with van der Waals surface area (Å²) >= 11 is 1.75. The van der Waals surface area contributed by atoms with Gasteiger partial charge in [-0.05, 0) is 27.2 Å². The van der Waals surface area contributed by atoms with E-state index in [4.69, 9.17) is 0 Å². The van der Waals surface area contributed by atoms with Crippen LogP contribution in [0.5, 0.6) is 0 Å². The van der Waals surface area contributed by atoms with Gasteiger partial charge in [0.2, 0.25) is 0 Å². The summed E-state index contributed by atoms with van der Waals surface area (Å²) in [4.78, 5) is 7.17. The Bertz CT molecular complexity index is 376. The van der Waals surface area contributed by atoms with Crippen LogP contribution in [0.25, 0.3) is 0 Å². The van der Waals surface area contributed by atoms with Gasteiger partial charge in [-0.1, -0.05) is 6.92 Å². The lowest BCUT2D eigenvalue weighted by atomic mass is 9.92. The fraction of sp³-hybridized carbons (Fsp3) is 0.769. The zero-order chi connectivity index (χ0) is 12.5. The van der Waals surface area contributed by atoms with Gasteiger partial charge in [0.05, 0.1) is 10.7 Å². The summed E-state index contributed by atoms with van der Waals surface area (Å²) in [7, 11) is 0. The first-order valence-corrected chi connectivity index (χ1v) is 7.31. The van der Waals surface area contributed by atoms with Crippen LogP contribution in [0, 0.1) is 6.92 Å². The smallest absolute Gasteiger partial charge is 0.0897 e. The molecule has 1 aliphatic rings. The van der Waals surface area contributed by atoms with Crippen LogP contribution in [0.2, 0.25) is 0 Å². The van der Waals surface area contributed by atoms with Crippen molar-refractivity contribution in [2.24, 2.45) is 0 Å². The molecule has 2 rings (SSSR count). The van der Waals surface area contributed by atoms with Crippen molar-refractivity contribution in [3.05, 3.63) is 16.1 Å². The predicted octanol–water partition coefficient (Wildman–Crippen LogP) is 2.41. The molecule has 1 N–H and O–H groups in total. The molecule has 0 amide bonds. The molecule has 2 unspecified atom stereocenters. The third kappa shape index (κ3) is 2.87. The van der Waals surface area contributed by atoms with E-state index in [9.17, 15) is 0 Å². The fourth-order valence-electron chi connectivity index (χ4n) is 2.40. The first kappa shape index (κ1) is 13.0. The molecule has 0 aromatic carbocycles. The van der Waals surface area contributed by atoms with E-state index in [-0.39, 0.29) is 5.54 Å². The zero-order valence-corrected chi connectivity index (χ0v) is 12.1. The summed E-state index contributed by atoms with van der Waals surface area (Å²) in [6, 6.07) is 0.578. The van der Waals surface area contributed by atoms with Gasteiger partial charge in [-0.2, -0.15) is 0 Å². The van der Waals surface area contributed by atoms with E-state index in [0.29, 0.717) is 6.04 Å². The van der Waals surface area contributed by atoms with Crippen molar-refractivity contribution in [2.45, 2.75) is 52.2 Å². The van der Waals surface area contributed by atoms with Crippen LogP contribution < -0.4 is 5.32 Å². The second kappa shape index (κ2) is 5.04. The van der Waals surface area contributed by atoms with Crippen molar-refractivity contribution in [1.82, 2.24) is 15.2 Å². The number of aromatic nitrogens is 1. The van der Waals surface area contributed by atoms with E-state index in [1.54, 1.807) is 11.3 Å². The molecule has 0 saturated carbocycles. The predicted molar refractivity (Wildman–Crippen MR) is 73.4 cm³/mol. The molecule has 96 valence electrons. The normalized spacial score (nSPS) is 30.7. The minimum absolute atomic E-state index is 0.268. The maximum absolute atomic E-state index is 4.59. The highest BCUT2D eigenvalue weighted by molar-refractivity contribution is 7.09. The van der Waals surface area contributed by atoms with Gasteiger partial charge >= 0.3 is 0 Å². The van der Waals surface area contributed by atoms with Crippen LogP contribution in [-0.4, -0.2) is 34.6 Å². The van der Waals surface area contributed by atoms with E-state index >= 15 is 0 Å². The summed E-state index contributed by atoms with van der Waals surface area (Å²) in [5.41, 5.74) is 1.49. The molecule has 4 heteroatoms. The highest BCUT2D eigenvalue weighted by atomic mass is 32.1. The highest BCUT2D eigenvalue weighted by Gasteiger charge is 2.35. The van der Waals surface area contributed by atoms with Crippen molar-refractivity contribution in [1.29, 1.82) is 0 Å². The molecule has 0 radical (unpaired) electrons. The van der Waals surface area contributed by atoms with Crippen LogP contribution in [0.1, 0.15) is 37.9 Å². The molecule has 0 bridgehead atoms. The fourth-order valence-corrected chi connectivity index (χ4v) is 3.01. The monoisotopic (exact) mass is 253 g/mol. The Labute approximate surface area is 108 Å². The standard InChI is InChI=1S/C13H23N3S/c1-5-13(4)9-14-10(2)6-16(13)7-12-8-17-11(3)15-12/h8,10,14H,5-7,9H2,1-4H3. The molecule has 2 heterocycles. The van der Waals surface area contributed by atoms with E-state index in [2.05, 4.69) is 48.3 Å². The van der Waals surface area contributed by atoms with Crippen molar-refractivity contribution >= 4 is 11.3 Å². The number of nitrogens with zero attached hydrogens (tertiary/aromatic N) is 2. The van der Waals surface area contributed by atoms with Crippen molar-refractivity contribution in [3.63, 3.8) is 0 Å². The number of thiazole rings is 1. The molecular weight excluding hydrogens is 230 g/mol. The first-order valence-electron chi connectivity index (χ1n) is 6.43. The lowest BCUT2D eigenvalue weighted by Gasteiger charge is -2.47. The van der Waals surface area contributed by atoms with Gasteiger partial charge < -0.3 is 5.32 Å². The molecule has 1 saturated heterocycles. The third-order valence-corrected chi connectivity index (χ3v) is 4.69. The molecule has 1 aliphatic heterocycles. The second-order valence-electron chi connectivity index (χ2n) is 5.37. The van der Waals surface area contributed by atoms with Gasteiger partial charge in [0, 0.05) is 36.6 Å². The van der Waals surface area contributed by atoms with Crippen molar-refractivity contribution in [3.8, 4) is 0 Å². The molecule has 1 aromatic heterocycles. The van der Waals surface area contributed by atoms with Gasteiger partial charge in [-0.15, -0.1) is 11.3 Å². The maximum atomic E-state index is 4.59. The Morgan fingerprint density at radius 3 is 3.00 bits per heavy atom. The Balaban J connectivity index is 2.10. The molecule has 1 fully saturated rings. The topological polar surface area (TPSA) is 28.2 Å². The Morgan fingerprint density at radius 1 is 1.65 bits per heavy atom. The molecule has 2 atom stereocenters. The maximum Gasteiger partial charge on any atom is 0.0897 e. The van der Waals surface area contributed by atoms with Gasteiger partial charge in [0.1, 0.15) is 0 Å². The second-order valence-corrected chi connectivity index (χ2v) is 6.43. The molecule has 3 nitrogen and oxygen atoms in total. The number of nitrogens with one attached hydrogen (secondary N) is 1. The first-order chi connectivity index (χ1) is 8.03. The number of piperazine rings is 1. The van der Waals surface area contributed by atoms with Crippen LogP contribution in [0.4, 0.5) is 0 Å². The molecule has 17 heavy (non-hydrogen) atoms. The Kier molecular flexibility index (Phi) is 3.85.